The van der Waals surface area contributed by atoms with Crippen LogP contribution in [0.3, 0.4) is 0 Å². The molecule has 2 aliphatic rings. The normalized spacial score (nSPS) is 18.1. The molecular formula is C22H22FN9O. The first kappa shape index (κ1) is 19.6. The third-order valence-electron chi connectivity index (χ3n) is 6.04. The Morgan fingerprint density at radius 3 is 2.91 bits per heavy atom. The van der Waals surface area contributed by atoms with E-state index in [2.05, 4.69) is 30.8 Å². The Morgan fingerprint density at radius 1 is 1.18 bits per heavy atom. The van der Waals surface area contributed by atoms with Gasteiger partial charge in [0.05, 0.1) is 11.9 Å². The van der Waals surface area contributed by atoms with E-state index in [1.165, 1.54) is 31.2 Å². The first-order chi connectivity index (χ1) is 16.1. The third-order valence-corrected chi connectivity index (χ3v) is 6.04. The SMILES string of the molecule is O=C(Nc1ccc(F)nc1)C1CCCN1c1nc(Nc2cc(C3CC3)[nH]n2)n2cccc2n1. The number of rotatable bonds is 6. The Kier molecular flexibility index (Phi) is 4.67. The molecule has 1 saturated carbocycles. The minimum atomic E-state index is -0.592. The van der Waals surface area contributed by atoms with Gasteiger partial charge in [-0.2, -0.15) is 19.5 Å². The van der Waals surface area contributed by atoms with E-state index in [9.17, 15) is 9.18 Å². The highest BCUT2D eigenvalue weighted by Crippen LogP contribution is 2.39. The van der Waals surface area contributed by atoms with Gasteiger partial charge in [0, 0.05) is 30.4 Å². The van der Waals surface area contributed by atoms with Crippen molar-refractivity contribution >= 4 is 35.0 Å². The number of carbonyl (C=O) groups excluding carboxylic acids is 1. The predicted octanol–water partition coefficient (Wildman–Crippen LogP) is 3.22. The average Bonchev–Trinajstić information content (AvgIpc) is 3.20. The number of fused-ring (bicyclic) bond motifs is 1. The highest BCUT2D eigenvalue weighted by atomic mass is 19.1. The van der Waals surface area contributed by atoms with Crippen molar-refractivity contribution in [2.45, 2.75) is 37.6 Å². The Balaban J connectivity index is 1.27. The number of nitrogens with zero attached hydrogens (tertiary/aromatic N) is 6. The number of nitrogens with one attached hydrogen (secondary N) is 3. The molecule has 0 spiro atoms. The van der Waals surface area contributed by atoms with E-state index < -0.39 is 12.0 Å². The molecule has 1 atom stereocenters. The second-order valence-electron chi connectivity index (χ2n) is 8.40. The van der Waals surface area contributed by atoms with E-state index in [0.29, 0.717) is 47.9 Å². The lowest BCUT2D eigenvalue weighted by Crippen LogP contribution is -2.40. The zero-order valence-corrected chi connectivity index (χ0v) is 17.7. The van der Waals surface area contributed by atoms with Crippen LogP contribution in [-0.2, 0) is 4.79 Å². The van der Waals surface area contributed by atoms with Crippen LogP contribution in [0.4, 0.5) is 27.8 Å². The summed E-state index contributed by atoms with van der Waals surface area (Å²) in [7, 11) is 0. The van der Waals surface area contributed by atoms with Gasteiger partial charge in [-0.15, -0.1) is 0 Å². The molecule has 0 aromatic carbocycles. The molecule has 5 heterocycles. The largest absolute Gasteiger partial charge is 0.329 e. The van der Waals surface area contributed by atoms with Crippen LogP contribution in [0.1, 0.15) is 37.3 Å². The fourth-order valence-electron chi connectivity index (χ4n) is 4.21. The van der Waals surface area contributed by atoms with Gasteiger partial charge in [-0.25, -0.2) is 4.98 Å². The number of anilines is 4. The Hall–Kier alpha value is -4.02. The van der Waals surface area contributed by atoms with E-state index in [0.717, 1.165) is 12.1 Å². The summed E-state index contributed by atoms with van der Waals surface area (Å²) in [6.07, 6.45) is 7.06. The van der Waals surface area contributed by atoms with Crippen LogP contribution in [0.2, 0.25) is 0 Å². The molecule has 1 aliphatic carbocycles. The van der Waals surface area contributed by atoms with E-state index >= 15 is 0 Å². The smallest absolute Gasteiger partial charge is 0.247 e. The van der Waals surface area contributed by atoms with Crippen molar-refractivity contribution < 1.29 is 9.18 Å². The zero-order chi connectivity index (χ0) is 22.4. The first-order valence-corrected chi connectivity index (χ1v) is 11.0. The lowest BCUT2D eigenvalue weighted by Gasteiger charge is -2.24. The minimum absolute atomic E-state index is 0.198. The Bertz CT molecular complexity index is 1310. The van der Waals surface area contributed by atoms with Gasteiger partial charge in [0.15, 0.2) is 5.82 Å². The summed E-state index contributed by atoms with van der Waals surface area (Å²) < 4.78 is 14.9. The maximum Gasteiger partial charge on any atom is 0.247 e. The molecule has 168 valence electrons. The number of amides is 1. The van der Waals surface area contributed by atoms with Gasteiger partial charge in [0.2, 0.25) is 23.8 Å². The van der Waals surface area contributed by atoms with Crippen molar-refractivity contribution in [2.75, 3.05) is 22.1 Å². The topological polar surface area (TPSA) is 116 Å². The van der Waals surface area contributed by atoms with Gasteiger partial charge < -0.3 is 15.5 Å². The quantitative estimate of drug-likeness (QED) is 0.389. The second-order valence-corrected chi connectivity index (χ2v) is 8.40. The zero-order valence-electron chi connectivity index (χ0n) is 17.7. The van der Waals surface area contributed by atoms with Crippen LogP contribution < -0.4 is 15.5 Å². The molecule has 3 N–H and O–H groups in total. The highest BCUT2D eigenvalue weighted by Gasteiger charge is 2.33. The molecule has 6 rings (SSSR count). The molecule has 0 bridgehead atoms. The van der Waals surface area contributed by atoms with Crippen LogP contribution >= 0.6 is 0 Å². The number of hydrogen-bond donors (Lipinski definition) is 3. The number of carbonyl (C=O) groups is 1. The van der Waals surface area contributed by atoms with Crippen LogP contribution in [-0.4, -0.2) is 48.0 Å². The van der Waals surface area contributed by atoms with Crippen molar-refractivity contribution in [1.29, 1.82) is 0 Å². The lowest BCUT2D eigenvalue weighted by molar-refractivity contribution is -0.117. The molecule has 11 heteroatoms. The monoisotopic (exact) mass is 447 g/mol. The van der Waals surface area contributed by atoms with Crippen molar-refractivity contribution in [2.24, 2.45) is 0 Å². The van der Waals surface area contributed by atoms with Crippen LogP contribution in [0, 0.1) is 5.95 Å². The van der Waals surface area contributed by atoms with Crippen LogP contribution in [0.5, 0.6) is 0 Å². The van der Waals surface area contributed by atoms with Gasteiger partial charge in [-0.3, -0.25) is 14.3 Å². The van der Waals surface area contributed by atoms with Crippen molar-refractivity contribution in [3.63, 3.8) is 0 Å². The van der Waals surface area contributed by atoms with E-state index in [1.54, 1.807) is 0 Å². The molecule has 10 nitrogen and oxygen atoms in total. The summed E-state index contributed by atoms with van der Waals surface area (Å²) in [5.41, 5.74) is 2.29. The van der Waals surface area contributed by atoms with Gasteiger partial charge in [-0.05, 0) is 49.9 Å². The van der Waals surface area contributed by atoms with Gasteiger partial charge in [0.1, 0.15) is 11.7 Å². The highest BCUT2D eigenvalue weighted by molar-refractivity contribution is 5.97. The molecular weight excluding hydrogens is 425 g/mol. The Labute approximate surface area is 188 Å². The first-order valence-electron chi connectivity index (χ1n) is 11.0. The summed E-state index contributed by atoms with van der Waals surface area (Å²) >= 11 is 0. The predicted molar refractivity (Wildman–Crippen MR) is 120 cm³/mol. The molecule has 4 aromatic heterocycles. The third kappa shape index (κ3) is 3.86. The summed E-state index contributed by atoms with van der Waals surface area (Å²) in [6.45, 7) is 0.657. The standard InChI is InChI=1S/C22H22FN9O/c23-17-8-7-14(12-24-17)25-20(33)16-3-1-9-31(16)22-27-19-4-2-10-32(19)21(28-22)26-18-11-15(29-30-18)13-5-6-13/h2,4,7-8,10-13,16H,1,3,5-6,9H2,(H,25,33)(H2,26,27,28,29,30). The summed E-state index contributed by atoms with van der Waals surface area (Å²) in [6, 6.07) is 8.07. The van der Waals surface area contributed by atoms with Gasteiger partial charge in [-0.1, -0.05) is 0 Å². The summed E-state index contributed by atoms with van der Waals surface area (Å²) in [5.74, 6) is 1.51. The number of hydrogen-bond acceptors (Lipinski definition) is 7. The van der Waals surface area contributed by atoms with Crippen molar-refractivity contribution in [3.05, 3.63) is 54.4 Å². The fraction of sp³-hybridized carbons (Fsp3) is 0.318. The number of aromatic nitrogens is 6. The number of pyridine rings is 1. The van der Waals surface area contributed by atoms with Crippen molar-refractivity contribution in [3.8, 4) is 0 Å². The second kappa shape index (κ2) is 7.84. The molecule has 2 fully saturated rings. The van der Waals surface area contributed by atoms with Gasteiger partial charge >= 0.3 is 0 Å². The average molecular weight is 447 g/mol. The molecule has 0 radical (unpaired) electrons. The Morgan fingerprint density at radius 2 is 2.09 bits per heavy atom. The summed E-state index contributed by atoms with van der Waals surface area (Å²) in [4.78, 5) is 27.9. The molecule has 1 saturated heterocycles. The van der Waals surface area contributed by atoms with Crippen LogP contribution in [0.25, 0.3) is 5.65 Å². The van der Waals surface area contributed by atoms with E-state index in [1.807, 2.05) is 33.7 Å². The van der Waals surface area contributed by atoms with Crippen LogP contribution in [0.15, 0.2) is 42.7 Å². The molecule has 1 unspecified atom stereocenters. The van der Waals surface area contributed by atoms with Crippen molar-refractivity contribution in [1.82, 2.24) is 29.5 Å². The lowest BCUT2D eigenvalue weighted by atomic mass is 10.2. The molecule has 1 aliphatic heterocycles. The fourth-order valence-corrected chi connectivity index (χ4v) is 4.21. The summed E-state index contributed by atoms with van der Waals surface area (Å²) in [5, 5.41) is 13.6. The number of aromatic amines is 1. The maximum absolute atomic E-state index is 13.1. The van der Waals surface area contributed by atoms with Gasteiger partial charge in [0.25, 0.3) is 0 Å². The maximum atomic E-state index is 13.1. The van der Waals surface area contributed by atoms with E-state index in [4.69, 9.17) is 4.98 Å². The minimum Gasteiger partial charge on any atom is -0.329 e. The number of halogens is 1. The molecule has 4 aromatic rings. The molecule has 1 amide bonds. The molecule has 33 heavy (non-hydrogen) atoms. The van der Waals surface area contributed by atoms with E-state index in [-0.39, 0.29) is 5.91 Å². The number of H-pyrrole nitrogens is 1.